The second-order valence-electron chi connectivity index (χ2n) is 4.04. The molecule has 0 fully saturated rings. The molecule has 0 saturated carbocycles. The average molecular weight is 298 g/mol. The molecule has 1 aromatic heterocycles. The molecule has 100 valence electrons. The van der Waals surface area contributed by atoms with E-state index in [-0.39, 0.29) is 5.91 Å². The molecule has 0 aliphatic heterocycles. The van der Waals surface area contributed by atoms with Crippen molar-refractivity contribution in [1.82, 2.24) is 15.1 Å². The fourth-order valence-electron chi connectivity index (χ4n) is 1.73. The highest BCUT2D eigenvalue weighted by Gasteiger charge is 2.14. The van der Waals surface area contributed by atoms with Crippen molar-refractivity contribution in [2.24, 2.45) is 0 Å². The zero-order chi connectivity index (χ0) is 14.0. The zero-order valence-electron chi connectivity index (χ0n) is 10.6. The molecule has 1 N–H and O–H groups in total. The van der Waals surface area contributed by atoms with Gasteiger partial charge in [-0.3, -0.25) is 4.79 Å². The quantitative estimate of drug-likeness (QED) is 0.945. The number of hydrogen-bond acceptors (Lipinski definition) is 2. The molecule has 0 aliphatic rings. The van der Waals surface area contributed by atoms with E-state index in [2.05, 4.69) is 10.4 Å². The van der Waals surface area contributed by atoms with Crippen molar-refractivity contribution in [3.8, 4) is 5.69 Å². The first-order chi connectivity index (χ1) is 9.02. The van der Waals surface area contributed by atoms with Crippen LogP contribution in [0.2, 0.25) is 10.0 Å². The van der Waals surface area contributed by atoms with Crippen molar-refractivity contribution in [2.75, 3.05) is 6.54 Å². The van der Waals surface area contributed by atoms with Crippen LogP contribution in [0.1, 0.15) is 23.1 Å². The summed E-state index contributed by atoms with van der Waals surface area (Å²) in [5, 5.41) is 8.02. The van der Waals surface area contributed by atoms with Gasteiger partial charge in [-0.25, -0.2) is 4.68 Å². The Morgan fingerprint density at radius 3 is 2.74 bits per heavy atom. The number of aryl methyl sites for hydroxylation is 1. The standard InChI is InChI=1S/C13H13Cl2N3O/c1-3-16-13(19)11-6-8(2)18(17-11)12-5-4-9(14)7-10(12)15/h4-7H,3H2,1-2H3,(H,16,19). The molecule has 1 amide bonds. The van der Waals surface area contributed by atoms with Crippen molar-refractivity contribution >= 4 is 29.1 Å². The highest BCUT2D eigenvalue weighted by atomic mass is 35.5. The van der Waals surface area contributed by atoms with Crippen LogP contribution >= 0.6 is 23.2 Å². The van der Waals surface area contributed by atoms with Crippen molar-refractivity contribution < 1.29 is 4.79 Å². The Kier molecular flexibility index (Phi) is 4.12. The summed E-state index contributed by atoms with van der Waals surface area (Å²) in [6.45, 7) is 4.28. The lowest BCUT2D eigenvalue weighted by atomic mass is 10.3. The molecule has 2 rings (SSSR count). The fraction of sp³-hybridized carbons (Fsp3) is 0.231. The Bertz CT molecular complexity index is 622. The summed E-state index contributed by atoms with van der Waals surface area (Å²) in [6.07, 6.45) is 0. The molecular formula is C13H13Cl2N3O. The second-order valence-corrected chi connectivity index (χ2v) is 4.88. The van der Waals surface area contributed by atoms with Gasteiger partial charge in [0.05, 0.1) is 10.7 Å². The number of amides is 1. The van der Waals surface area contributed by atoms with Gasteiger partial charge in [0, 0.05) is 17.3 Å². The van der Waals surface area contributed by atoms with Gasteiger partial charge in [0.1, 0.15) is 0 Å². The van der Waals surface area contributed by atoms with Crippen LogP contribution in [0.4, 0.5) is 0 Å². The van der Waals surface area contributed by atoms with Crippen LogP contribution in [0.5, 0.6) is 0 Å². The molecule has 4 nitrogen and oxygen atoms in total. The molecule has 1 heterocycles. The minimum Gasteiger partial charge on any atom is -0.351 e. The van der Waals surface area contributed by atoms with E-state index in [1.807, 2.05) is 13.8 Å². The number of carbonyl (C=O) groups excluding carboxylic acids is 1. The van der Waals surface area contributed by atoms with Gasteiger partial charge in [-0.05, 0) is 38.1 Å². The summed E-state index contributed by atoms with van der Waals surface area (Å²) < 4.78 is 1.63. The van der Waals surface area contributed by atoms with E-state index in [9.17, 15) is 4.79 Å². The predicted octanol–water partition coefficient (Wildman–Crippen LogP) is 3.24. The largest absolute Gasteiger partial charge is 0.351 e. The molecule has 0 atom stereocenters. The number of nitrogens with zero attached hydrogens (tertiary/aromatic N) is 2. The van der Waals surface area contributed by atoms with Crippen molar-refractivity contribution in [3.63, 3.8) is 0 Å². The molecule has 2 aromatic rings. The minimum absolute atomic E-state index is 0.200. The zero-order valence-corrected chi connectivity index (χ0v) is 12.1. The monoisotopic (exact) mass is 297 g/mol. The highest BCUT2D eigenvalue weighted by Crippen LogP contribution is 2.25. The van der Waals surface area contributed by atoms with E-state index in [0.717, 1.165) is 5.69 Å². The van der Waals surface area contributed by atoms with Crippen LogP contribution in [0, 0.1) is 6.92 Å². The number of benzene rings is 1. The molecule has 1 aromatic carbocycles. The number of aromatic nitrogens is 2. The van der Waals surface area contributed by atoms with Crippen LogP contribution in [0.3, 0.4) is 0 Å². The van der Waals surface area contributed by atoms with Crippen molar-refractivity contribution in [1.29, 1.82) is 0 Å². The second kappa shape index (κ2) is 5.63. The Hall–Kier alpha value is -1.52. The number of nitrogens with one attached hydrogen (secondary N) is 1. The Morgan fingerprint density at radius 1 is 1.37 bits per heavy atom. The lowest BCUT2D eigenvalue weighted by Gasteiger charge is -2.06. The number of halogens is 2. The molecular weight excluding hydrogens is 285 g/mol. The van der Waals surface area contributed by atoms with Crippen molar-refractivity contribution in [3.05, 3.63) is 45.7 Å². The van der Waals surface area contributed by atoms with Gasteiger partial charge in [0.25, 0.3) is 5.91 Å². The van der Waals surface area contributed by atoms with E-state index >= 15 is 0 Å². The summed E-state index contributed by atoms with van der Waals surface area (Å²) in [4.78, 5) is 11.7. The summed E-state index contributed by atoms with van der Waals surface area (Å²) >= 11 is 12.0. The predicted molar refractivity (Wildman–Crippen MR) is 76.3 cm³/mol. The van der Waals surface area contributed by atoms with Crippen LogP contribution in [0.15, 0.2) is 24.3 Å². The third kappa shape index (κ3) is 2.91. The van der Waals surface area contributed by atoms with Crippen LogP contribution in [-0.2, 0) is 0 Å². The maximum absolute atomic E-state index is 11.7. The first kappa shape index (κ1) is 13.9. The molecule has 0 unspecified atom stereocenters. The van der Waals surface area contributed by atoms with E-state index in [1.165, 1.54) is 0 Å². The van der Waals surface area contributed by atoms with E-state index < -0.39 is 0 Å². The van der Waals surface area contributed by atoms with Gasteiger partial charge in [-0.15, -0.1) is 0 Å². The van der Waals surface area contributed by atoms with Crippen LogP contribution in [0.25, 0.3) is 5.69 Å². The van der Waals surface area contributed by atoms with E-state index in [0.29, 0.717) is 28.0 Å². The Labute approximate surface area is 121 Å². The summed E-state index contributed by atoms with van der Waals surface area (Å²) in [5.74, 6) is -0.200. The number of rotatable bonds is 3. The third-order valence-corrected chi connectivity index (χ3v) is 3.13. The highest BCUT2D eigenvalue weighted by molar-refractivity contribution is 6.35. The smallest absolute Gasteiger partial charge is 0.271 e. The maximum Gasteiger partial charge on any atom is 0.271 e. The summed E-state index contributed by atoms with van der Waals surface area (Å²) in [6, 6.07) is 6.86. The first-order valence-electron chi connectivity index (χ1n) is 5.83. The fourth-order valence-corrected chi connectivity index (χ4v) is 2.22. The SMILES string of the molecule is CCNC(=O)c1cc(C)n(-c2ccc(Cl)cc2Cl)n1. The topological polar surface area (TPSA) is 46.9 Å². The molecule has 6 heteroatoms. The Balaban J connectivity index is 2.43. The van der Waals surface area contributed by atoms with E-state index in [1.54, 1.807) is 28.9 Å². The molecule has 0 bridgehead atoms. The van der Waals surface area contributed by atoms with Gasteiger partial charge in [0.15, 0.2) is 5.69 Å². The minimum atomic E-state index is -0.200. The van der Waals surface area contributed by atoms with Crippen LogP contribution in [-0.4, -0.2) is 22.2 Å². The average Bonchev–Trinajstić information content (AvgIpc) is 2.72. The maximum atomic E-state index is 11.7. The van der Waals surface area contributed by atoms with Gasteiger partial charge < -0.3 is 5.32 Å². The summed E-state index contributed by atoms with van der Waals surface area (Å²) in [7, 11) is 0. The lowest BCUT2D eigenvalue weighted by molar-refractivity contribution is 0.0950. The molecule has 0 spiro atoms. The first-order valence-corrected chi connectivity index (χ1v) is 6.58. The van der Waals surface area contributed by atoms with Gasteiger partial charge in [-0.1, -0.05) is 23.2 Å². The normalized spacial score (nSPS) is 10.5. The van der Waals surface area contributed by atoms with Crippen LogP contribution < -0.4 is 5.32 Å². The lowest BCUT2D eigenvalue weighted by Crippen LogP contribution is -2.23. The third-order valence-electron chi connectivity index (χ3n) is 2.60. The van der Waals surface area contributed by atoms with Crippen molar-refractivity contribution in [2.45, 2.75) is 13.8 Å². The number of carbonyl (C=O) groups is 1. The molecule has 0 radical (unpaired) electrons. The number of hydrogen-bond donors (Lipinski definition) is 1. The Morgan fingerprint density at radius 2 is 2.11 bits per heavy atom. The van der Waals surface area contributed by atoms with E-state index in [4.69, 9.17) is 23.2 Å². The molecule has 0 aliphatic carbocycles. The molecule has 0 saturated heterocycles. The summed E-state index contributed by atoms with van der Waals surface area (Å²) in [5.41, 5.74) is 1.88. The molecule has 19 heavy (non-hydrogen) atoms. The van der Waals surface area contributed by atoms with Gasteiger partial charge in [0.2, 0.25) is 0 Å². The van der Waals surface area contributed by atoms with Gasteiger partial charge in [-0.2, -0.15) is 5.10 Å². The van der Waals surface area contributed by atoms with Gasteiger partial charge >= 0.3 is 0 Å².